The van der Waals surface area contributed by atoms with Crippen molar-refractivity contribution in [3.8, 4) is 17.4 Å². The lowest BCUT2D eigenvalue weighted by Gasteiger charge is -2.34. The number of carbonyl (C=O) groups excluding carboxylic acids is 1. The molecule has 3 aliphatic rings. The van der Waals surface area contributed by atoms with E-state index >= 15 is 0 Å². The van der Waals surface area contributed by atoms with E-state index in [-0.39, 0.29) is 29.4 Å². The molecule has 1 aromatic carbocycles. The van der Waals surface area contributed by atoms with Crippen LogP contribution in [-0.4, -0.2) is 25.5 Å². The molecule has 2 atom stereocenters. The molecule has 24 heavy (non-hydrogen) atoms. The lowest BCUT2D eigenvalue weighted by molar-refractivity contribution is -0.123. The third-order valence-corrected chi connectivity index (χ3v) is 5.49. The van der Waals surface area contributed by atoms with Crippen molar-refractivity contribution in [1.29, 1.82) is 0 Å². The SMILES string of the molecule is O=C1C[C@@H]2CC[C@H]1c1c2c(O)n(-c2cccc3cnccc23)c1O. The number of hydrogen-bond acceptors (Lipinski definition) is 4. The van der Waals surface area contributed by atoms with Crippen molar-refractivity contribution in [3.05, 3.63) is 47.8 Å². The Morgan fingerprint density at radius 2 is 1.92 bits per heavy atom. The molecule has 5 nitrogen and oxygen atoms in total. The highest BCUT2D eigenvalue weighted by atomic mass is 16.3. The van der Waals surface area contributed by atoms with Gasteiger partial charge >= 0.3 is 0 Å². The maximum atomic E-state index is 12.2. The Morgan fingerprint density at radius 3 is 2.75 bits per heavy atom. The van der Waals surface area contributed by atoms with E-state index in [1.807, 2.05) is 24.3 Å². The van der Waals surface area contributed by atoms with Crippen LogP contribution in [0.25, 0.3) is 16.5 Å². The number of Topliss-reactive ketones (excluding diaryl/α,β-unsaturated/α-hetero) is 1. The Bertz CT molecular complexity index is 1000. The van der Waals surface area contributed by atoms with Gasteiger partial charge in [-0.1, -0.05) is 12.1 Å². The summed E-state index contributed by atoms with van der Waals surface area (Å²) in [6, 6.07) is 7.53. The molecule has 0 unspecified atom stereocenters. The van der Waals surface area contributed by atoms with Gasteiger partial charge in [-0.3, -0.25) is 14.3 Å². The molecule has 0 saturated heterocycles. The topological polar surface area (TPSA) is 75.3 Å². The molecule has 0 amide bonds. The minimum atomic E-state index is -0.284. The highest BCUT2D eigenvalue weighted by molar-refractivity contribution is 5.93. The van der Waals surface area contributed by atoms with Crippen molar-refractivity contribution in [1.82, 2.24) is 9.55 Å². The summed E-state index contributed by atoms with van der Waals surface area (Å²) < 4.78 is 1.48. The van der Waals surface area contributed by atoms with Crippen LogP contribution in [0.5, 0.6) is 11.8 Å². The monoisotopic (exact) mass is 320 g/mol. The molecule has 0 aliphatic heterocycles. The number of hydrogen-bond donors (Lipinski definition) is 2. The van der Waals surface area contributed by atoms with Gasteiger partial charge in [0.1, 0.15) is 5.78 Å². The minimum absolute atomic E-state index is 0.00503. The molecule has 6 rings (SSSR count). The average Bonchev–Trinajstić information content (AvgIpc) is 2.88. The van der Waals surface area contributed by atoms with Crippen molar-refractivity contribution >= 4 is 16.6 Å². The Morgan fingerprint density at radius 1 is 1.08 bits per heavy atom. The minimum Gasteiger partial charge on any atom is -0.494 e. The molecule has 2 bridgehead atoms. The van der Waals surface area contributed by atoms with Crippen LogP contribution in [0.15, 0.2) is 36.7 Å². The molecule has 3 aliphatic carbocycles. The molecule has 1 saturated carbocycles. The van der Waals surface area contributed by atoms with Crippen molar-refractivity contribution in [2.24, 2.45) is 0 Å². The van der Waals surface area contributed by atoms with Crippen LogP contribution < -0.4 is 0 Å². The fourth-order valence-electron chi connectivity index (χ4n) is 4.42. The quantitative estimate of drug-likeness (QED) is 0.721. The maximum absolute atomic E-state index is 12.2. The number of aromatic hydroxyl groups is 2. The van der Waals surface area contributed by atoms with E-state index in [0.29, 0.717) is 17.7 Å². The molecular formula is C19H16N2O3. The summed E-state index contributed by atoms with van der Waals surface area (Å²) in [5.41, 5.74) is 2.09. The second-order valence-electron chi connectivity index (χ2n) is 6.68. The van der Waals surface area contributed by atoms with E-state index in [4.69, 9.17) is 0 Å². The fourth-order valence-corrected chi connectivity index (χ4v) is 4.42. The number of carbonyl (C=O) groups is 1. The first-order valence-electron chi connectivity index (χ1n) is 8.19. The molecule has 2 heterocycles. The highest BCUT2D eigenvalue weighted by Crippen LogP contribution is 2.56. The van der Waals surface area contributed by atoms with Crippen molar-refractivity contribution in [3.63, 3.8) is 0 Å². The summed E-state index contributed by atoms with van der Waals surface area (Å²) in [6.07, 6.45) is 5.56. The molecule has 1 fully saturated rings. The van der Waals surface area contributed by atoms with Crippen LogP contribution >= 0.6 is 0 Å². The summed E-state index contributed by atoms with van der Waals surface area (Å²) >= 11 is 0. The van der Waals surface area contributed by atoms with Crippen LogP contribution in [0, 0.1) is 0 Å². The van der Waals surface area contributed by atoms with Crippen LogP contribution in [0.4, 0.5) is 0 Å². The van der Waals surface area contributed by atoms with Gasteiger partial charge < -0.3 is 10.2 Å². The summed E-state index contributed by atoms with van der Waals surface area (Å²) in [7, 11) is 0. The predicted octanol–water partition coefficient (Wildman–Crippen LogP) is 3.37. The molecule has 5 heteroatoms. The molecule has 2 N–H and O–H groups in total. The summed E-state index contributed by atoms with van der Waals surface area (Å²) in [5.74, 6) is -0.0352. The lowest BCUT2D eigenvalue weighted by Crippen LogP contribution is -2.28. The summed E-state index contributed by atoms with van der Waals surface area (Å²) in [6.45, 7) is 0. The van der Waals surface area contributed by atoms with E-state index in [2.05, 4.69) is 4.98 Å². The second-order valence-corrected chi connectivity index (χ2v) is 6.68. The van der Waals surface area contributed by atoms with Gasteiger partial charge in [0.05, 0.1) is 5.69 Å². The smallest absolute Gasteiger partial charge is 0.202 e. The molecule has 0 radical (unpaired) electrons. The number of benzene rings is 1. The van der Waals surface area contributed by atoms with Crippen molar-refractivity contribution in [2.75, 3.05) is 0 Å². The van der Waals surface area contributed by atoms with Gasteiger partial charge in [0, 0.05) is 46.6 Å². The lowest BCUT2D eigenvalue weighted by atomic mass is 9.67. The van der Waals surface area contributed by atoms with E-state index in [1.54, 1.807) is 12.4 Å². The Kier molecular flexibility index (Phi) is 2.61. The Labute approximate surface area is 138 Å². The first kappa shape index (κ1) is 13.6. The van der Waals surface area contributed by atoms with Gasteiger partial charge in [0.15, 0.2) is 0 Å². The van der Waals surface area contributed by atoms with Crippen LogP contribution in [0.3, 0.4) is 0 Å². The van der Waals surface area contributed by atoms with Crippen molar-refractivity contribution < 1.29 is 15.0 Å². The van der Waals surface area contributed by atoms with Crippen LogP contribution in [-0.2, 0) is 4.79 Å². The number of ketones is 1. The van der Waals surface area contributed by atoms with Gasteiger partial charge in [-0.25, -0.2) is 0 Å². The maximum Gasteiger partial charge on any atom is 0.202 e. The highest BCUT2D eigenvalue weighted by Gasteiger charge is 2.45. The summed E-state index contributed by atoms with van der Waals surface area (Å²) in [4.78, 5) is 16.4. The van der Waals surface area contributed by atoms with Gasteiger partial charge in [-0.15, -0.1) is 0 Å². The van der Waals surface area contributed by atoms with Gasteiger partial charge in [0.25, 0.3) is 0 Å². The first-order valence-corrected chi connectivity index (χ1v) is 8.19. The standard InChI is InChI=1S/C19H16N2O3/c22-15-8-10-4-5-13(15)17-16(10)18(23)21(19(17)24)14-3-1-2-11-9-20-7-6-12(11)14/h1-3,6-7,9-10,13,23-24H,4-5,8H2/t10-,13+/m0/s1. The largest absolute Gasteiger partial charge is 0.494 e. The van der Waals surface area contributed by atoms with E-state index < -0.39 is 0 Å². The third-order valence-electron chi connectivity index (χ3n) is 5.49. The Balaban J connectivity index is 1.84. The predicted molar refractivity (Wildman–Crippen MR) is 88.7 cm³/mol. The average molecular weight is 320 g/mol. The van der Waals surface area contributed by atoms with Crippen molar-refractivity contribution in [2.45, 2.75) is 31.1 Å². The van der Waals surface area contributed by atoms with Gasteiger partial charge in [0.2, 0.25) is 11.8 Å². The second kappa shape index (κ2) is 4.60. The van der Waals surface area contributed by atoms with E-state index in [1.165, 1.54) is 4.57 Å². The van der Waals surface area contributed by atoms with Gasteiger partial charge in [-0.05, 0) is 30.9 Å². The van der Waals surface area contributed by atoms with Crippen LogP contribution in [0.1, 0.15) is 42.2 Å². The fraction of sp³-hybridized carbons (Fsp3) is 0.263. The zero-order valence-electron chi connectivity index (χ0n) is 12.9. The van der Waals surface area contributed by atoms with Gasteiger partial charge in [-0.2, -0.15) is 0 Å². The zero-order chi connectivity index (χ0) is 16.4. The number of nitrogens with zero attached hydrogens (tertiary/aromatic N) is 2. The molecule has 2 aromatic heterocycles. The molecule has 3 aromatic rings. The Hall–Kier alpha value is -2.82. The first-order chi connectivity index (χ1) is 11.7. The summed E-state index contributed by atoms with van der Waals surface area (Å²) in [5, 5.41) is 23.5. The third kappa shape index (κ3) is 1.59. The van der Waals surface area contributed by atoms with E-state index in [9.17, 15) is 15.0 Å². The zero-order valence-corrected chi connectivity index (χ0v) is 12.9. The number of pyridine rings is 1. The normalized spacial score (nSPS) is 22.1. The van der Waals surface area contributed by atoms with E-state index in [0.717, 1.165) is 29.2 Å². The van der Waals surface area contributed by atoms with Crippen LogP contribution in [0.2, 0.25) is 0 Å². The number of aromatic nitrogens is 2. The molecular weight excluding hydrogens is 304 g/mol. The molecule has 120 valence electrons. The number of rotatable bonds is 1. The molecule has 0 spiro atoms. The number of fused-ring (bicyclic) bond motifs is 3.